The first-order valence-corrected chi connectivity index (χ1v) is 9.28. The van der Waals surface area contributed by atoms with Crippen LogP contribution in [0.2, 0.25) is 0 Å². The fraction of sp³-hybridized carbons (Fsp3) is 0. The van der Waals surface area contributed by atoms with Crippen molar-refractivity contribution in [1.29, 1.82) is 0 Å². The number of rotatable bonds is 3. The Morgan fingerprint density at radius 1 is 1.00 bits per heavy atom. The van der Waals surface area contributed by atoms with Crippen LogP contribution in [-0.2, 0) is 0 Å². The van der Waals surface area contributed by atoms with Gasteiger partial charge in [0.2, 0.25) is 0 Å². The van der Waals surface area contributed by atoms with Gasteiger partial charge in [0, 0.05) is 21.8 Å². The highest BCUT2D eigenvalue weighted by Crippen LogP contribution is 2.31. The molecule has 122 valence electrons. The minimum Gasteiger partial charge on any atom is -0.507 e. The lowest BCUT2D eigenvalue weighted by Crippen LogP contribution is -1.82. The molecule has 0 bridgehead atoms. The molecule has 0 aliphatic rings. The molecule has 4 aromatic rings. The lowest BCUT2D eigenvalue weighted by atomic mass is 10.2. The Bertz CT molecular complexity index is 1040. The second-order valence-corrected chi connectivity index (χ2v) is 7.44. The number of para-hydroxylation sites is 1. The molecule has 5 heteroatoms. The summed E-state index contributed by atoms with van der Waals surface area (Å²) in [6.07, 6.45) is 1.66. The Morgan fingerprint density at radius 2 is 1.80 bits per heavy atom. The standard InChI is InChI=1S/C20H13BrN2OS/c21-15-7-10-18(24)14(11-15)12-22-16-8-5-13(6-9-16)20-23-17-3-1-2-4-19(17)25-20/h1-12,24H. The van der Waals surface area contributed by atoms with Crippen LogP contribution in [0.4, 0.5) is 5.69 Å². The zero-order valence-electron chi connectivity index (χ0n) is 13.1. The van der Waals surface area contributed by atoms with E-state index in [0.29, 0.717) is 5.56 Å². The van der Waals surface area contributed by atoms with Gasteiger partial charge < -0.3 is 5.11 Å². The van der Waals surface area contributed by atoms with Gasteiger partial charge in [-0.3, -0.25) is 4.99 Å². The normalized spacial score (nSPS) is 11.4. The average Bonchev–Trinajstić information content (AvgIpc) is 3.07. The Morgan fingerprint density at radius 3 is 2.60 bits per heavy atom. The molecule has 0 fully saturated rings. The lowest BCUT2D eigenvalue weighted by molar-refractivity contribution is 0.474. The third kappa shape index (κ3) is 3.48. The van der Waals surface area contributed by atoms with E-state index in [4.69, 9.17) is 0 Å². The summed E-state index contributed by atoms with van der Waals surface area (Å²) in [5.74, 6) is 0.207. The summed E-state index contributed by atoms with van der Waals surface area (Å²) in [6, 6.07) is 21.3. The van der Waals surface area contributed by atoms with Crippen LogP contribution in [0.3, 0.4) is 0 Å². The summed E-state index contributed by atoms with van der Waals surface area (Å²) in [6.45, 7) is 0. The van der Waals surface area contributed by atoms with Crippen LogP contribution in [0.1, 0.15) is 5.56 Å². The summed E-state index contributed by atoms with van der Waals surface area (Å²) >= 11 is 5.08. The first-order chi connectivity index (χ1) is 12.2. The van der Waals surface area contributed by atoms with Crippen molar-refractivity contribution in [2.75, 3.05) is 0 Å². The van der Waals surface area contributed by atoms with Crippen molar-refractivity contribution in [2.24, 2.45) is 4.99 Å². The molecule has 0 aliphatic heterocycles. The van der Waals surface area contributed by atoms with E-state index in [1.165, 1.54) is 4.70 Å². The Labute approximate surface area is 157 Å². The van der Waals surface area contributed by atoms with Crippen molar-refractivity contribution >= 4 is 49.4 Å². The van der Waals surface area contributed by atoms with Crippen molar-refractivity contribution < 1.29 is 5.11 Å². The predicted molar refractivity (Wildman–Crippen MR) is 108 cm³/mol. The molecule has 0 saturated heterocycles. The number of aromatic nitrogens is 1. The Balaban J connectivity index is 1.59. The van der Waals surface area contributed by atoms with Gasteiger partial charge >= 0.3 is 0 Å². The second-order valence-electron chi connectivity index (χ2n) is 5.49. The van der Waals surface area contributed by atoms with Gasteiger partial charge in [-0.15, -0.1) is 11.3 Å². The smallest absolute Gasteiger partial charge is 0.124 e. The third-order valence-electron chi connectivity index (χ3n) is 3.75. The molecule has 4 rings (SSSR count). The van der Waals surface area contributed by atoms with Crippen molar-refractivity contribution in [3.05, 3.63) is 76.8 Å². The van der Waals surface area contributed by atoms with Gasteiger partial charge in [0.15, 0.2) is 0 Å². The van der Waals surface area contributed by atoms with Gasteiger partial charge in [-0.2, -0.15) is 0 Å². The predicted octanol–water partition coefficient (Wildman–Crippen LogP) is 6.18. The summed E-state index contributed by atoms with van der Waals surface area (Å²) < 4.78 is 2.09. The minimum absolute atomic E-state index is 0.207. The fourth-order valence-electron chi connectivity index (χ4n) is 2.46. The second kappa shape index (κ2) is 6.78. The number of benzene rings is 3. The van der Waals surface area contributed by atoms with Crippen molar-refractivity contribution in [3.8, 4) is 16.3 Å². The molecule has 0 unspecified atom stereocenters. The van der Waals surface area contributed by atoms with Gasteiger partial charge in [-0.1, -0.05) is 28.1 Å². The molecule has 3 aromatic carbocycles. The molecule has 0 amide bonds. The Kier molecular flexibility index (Phi) is 4.34. The van der Waals surface area contributed by atoms with E-state index in [2.05, 4.69) is 32.0 Å². The third-order valence-corrected chi connectivity index (χ3v) is 5.33. The monoisotopic (exact) mass is 408 g/mol. The van der Waals surface area contributed by atoms with Gasteiger partial charge in [-0.25, -0.2) is 4.98 Å². The van der Waals surface area contributed by atoms with E-state index in [9.17, 15) is 5.11 Å². The van der Waals surface area contributed by atoms with E-state index >= 15 is 0 Å². The lowest BCUT2D eigenvalue weighted by Gasteiger charge is -2.00. The first-order valence-electron chi connectivity index (χ1n) is 7.68. The summed E-state index contributed by atoms with van der Waals surface area (Å²) in [7, 11) is 0. The molecule has 1 N–H and O–H groups in total. The first kappa shape index (κ1) is 16.0. The van der Waals surface area contributed by atoms with Crippen LogP contribution < -0.4 is 0 Å². The van der Waals surface area contributed by atoms with Crippen LogP contribution in [0.25, 0.3) is 20.8 Å². The minimum atomic E-state index is 0.207. The maximum atomic E-state index is 9.86. The summed E-state index contributed by atoms with van der Waals surface area (Å²) in [5.41, 5.74) is 3.59. The molecular weight excluding hydrogens is 396 g/mol. The van der Waals surface area contributed by atoms with Crippen LogP contribution in [0, 0.1) is 0 Å². The molecule has 0 atom stereocenters. The van der Waals surface area contributed by atoms with Crippen LogP contribution >= 0.6 is 27.3 Å². The fourth-order valence-corrected chi connectivity index (χ4v) is 3.81. The maximum absolute atomic E-state index is 9.86. The average molecular weight is 409 g/mol. The Hall–Kier alpha value is -2.50. The van der Waals surface area contributed by atoms with Gasteiger partial charge in [0.25, 0.3) is 0 Å². The van der Waals surface area contributed by atoms with E-state index in [-0.39, 0.29) is 5.75 Å². The number of phenols is 1. The molecule has 3 nitrogen and oxygen atoms in total. The van der Waals surface area contributed by atoms with E-state index in [1.54, 1.807) is 29.7 Å². The van der Waals surface area contributed by atoms with Crippen LogP contribution in [0.5, 0.6) is 5.75 Å². The van der Waals surface area contributed by atoms with E-state index < -0.39 is 0 Å². The van der Waals surface area contributed by atoms with Crippen molar-refractivity contribution in [3.63, 3.8) is 0 Å². The highest BCUT2D eigenvalue weighted by Gasteiger charge is 2.05. The number of aliphatic imine (C=N–C) groups is 1. The van der Waals surface area contributed by atoms with Crippen LogP contribution in [-0.4, -0.2) is 16.3 Å². The quantitative estimate of drug-likeness (QED) is 0.411. The molecular formula is C20H13BrN2OS. The van der Waals surface area contributed by atoms with Gasteiger partial charge in [-0.05, 0) is 54.6 Å². The largest absolute Gasteiger partial charge is 0.507 e. The number of phenolic OH excluding ortho intramolecular Hbond substituents is 1. The molecule has 25 heavy (non-hydrogen) atoms. The number of hydrogen-bond donors (Lipinski definition) is 1. The molecule has 0 radical (unpaired) electrons. The molecule has 1 aromatic heterocycles. The summed E-state index contributed by atoms with van der Waals surface area (Å²) in [4.78, 5) is 9.10. The number of aromatic hydroxyl groups is 1. The van der Waals surface area contributed by atoms with E-state index in [1.807, 2.05) is 48.5 Å². The number of halogens is 1. The molecule has 0 spiro atoms. The number of hydrogen-bond acceptors (Lipinski definition) is 4. The molecule has 1 heterocycles. The zero-order chi connectivity index (χ0) is 17.2. The van der Waals surface area contributed by atoms with Gasteiger partial charge in [0.1, 0.15) is 10.8 Å². The summed E-state index contributed by atoms with van der Waals surface area (Å²) in [5, 5.41) is 10.9. The number of nitrogens with zero attached hydrogens (tertiary/aromatic N) is 2. The SMILES string of the molecule is Oc1ccc(Br)cc1C=Nc1ccc(-c2nc3ccccc3s2)cc1. The molecule has 0 saturated carbocycles. The van der Waals surface area contributed by atoms with E-state index in [0.717, 1.165) is 26.2 Å². The zero-order valence-corrected chi connectivity index (χ0v) is 15.5. The van der Waals surface area contributed by atoms with Crippen molar-refractivity contribution in [2.45, 2.75) is 0 Å². The number of fused-ring (bicyclic) bond motifs is 1. The maximum Gasteiger partial charge on any atom is 0.124 e. The highest BCUT2D eigenvalue weighted by molar-refractivity contribution is 9.10. The molecule has 0 aliphatic carbocycles. The highest BCUT2D eigenvalue weighted by atomic mass is 79.9. The van der Waals surface area contributed by atoms with Crippen molar-refractivity contribution in [1.82, 2.24) is 4.98 Å². The van der Waals surface area contributed by atoms with Crippen LogP contribution in [0.15, 0.2) is 76.2 Å². The topological polar surface area (TPSA) is 45.5 Å². The number of thiazole rings is 1. The van der Waals surface area contributed by atoms with Gasteiger partial charge in [0.05, 0.1) is 15.9 Å².